The summed E-state index contributed by atoms with van der Waals surface area (Å²) in [6.07, 6.45) is 0.756. The number of carboxylic acid groups (broad SMARTS) is 1. The third-order valence-electron chi connectivity index (χ3n) is 3.63. The summed E-state index contributed by atoms with van der Waals surface area (Å²) in [5, 5.41) is 12.4. The number of hydrogen-bond acceptors (Lipinski definition) is 3. The first-order chi connectivity index (χ1) is 9.34. The summed E-state index contributed by atoms with van der Waals surface area (Å²) in [5.74, 6) is -1.27. The van der Waals surface area contributed by atoms with Crippen molar-refractivity contribution in [2.24, 2.45) is 5.41 Å². The van der Waals surface area contributed by atoms with E-state index in [9.17, 15) is 14.7 Å². The zero-order chi connectivity index (χ0) is 15.3. The fourth-order valence-corrected chi connectivity index (χ4v) is 2.23. The molecular weight excluding hydrogens is 280 g/mol. The lowest BCUT2D eigenvalue weighted by molar-refractivity contribution is -0.151. The van der Waals surface area contributed by atoms with Gasteiger partial charge in [-0.05, 0) is 31.9 Å². The van der Waals surface area contributed by atoms with E-state index in [1.807, 2.05) is 0 Å². The first kappa shape index (κ1) is 16.4. The molecule has 1 amide bonds. The van der Waals surface area contributed by atoms with Crippen LogP contribution >= 0.6 is 11.6 Å². The van der Waals surface area contributed by atoms with Gasteiger partial charge in [0, 0.05) is 6.42 Å². The van der Waals surface area contributed by atoms with Gasteiger partial charge < -0.3 is 10.4 Å². The number of pyridine rings is 1. The molecule has 0 aliphatic carbocycles. The van der Waals surface area contributed by atoms with Crippen LogP contribution in [0.1, 0.15) is 38.8 Å². The van der Waals surface area contributed by atoms with Crippen molar-refractivity contribution in [2.45, 2.75) is 40.0 Å². The molecular formula is C14H19ClN2O3. The molecule has 1 rings (SSSR count). The average Bonchev–Trinajstić information content (AvgIpc) is 2.39. The monoisotopic (exact) mass is 298 g/mol. The number of carboxylic acids is 1. The van der Waals surface area contributed by atoms with Gasteiger partial charge in [-0.3, -0.25) is 9.59 Å². The van der Waals surface area contributed by atoms with Crippen molar-refractivity contribution >= 4 is 29.2 Å². The highest BCUT2D eigenvalue weighted by molar-refractivity contribution is 6.29. The van der Waals surface area contributed by atoms with Gasteiger partial charge in [-0.2, -0.15) is 0 Å². The van der Waals surface area contributed by atoms with Crippen LogP contribution in [-0.2, 0) is 9.59 Å². The molecule has 0 fully saturated rings. The van der Waals surface area contributed by atoms with Crippen molar-refractivity contribution in [2.75, 3.05) is 5.32 Å². The van der Waals surface area contributed by atoms with Crippen LogP contribution in [0.5, 0.6) is 0 Å². The highest BCUT2D eigenvalue weighted by Crippen LogP contribution is 2.31. The van der Waals surface area contributed by atoms with Gasteiger partial charge in [0.1, 0.15) is 5.15 Å². The molecule has 2 N–H and O–H groups in total. The van der Waals surface area contributed by atoms with Gasteiger partial charge in [-0.25, -0.2) is 4.98 Å². The molecule has 1 aromatic rings. The maximum atomic E-state index is 12.1. The normalized spacial score (nSPS) is 11.2. The van der Waals surface area contributed by atoms with Crippen LogP contribution in [0, 0.1) is 12.3 Å². The minimum absolute atomic E-state index is 0.0581. The number of halogens is 1. The van der Waals surface area contributed by atoms with Crippen molar-refractivity contribution in [3.8, 4) is 0 Å². The minimum Gasteiger partial charge on any atom is -0.481 e. The molecule has 0 bridgehead atoms. The molecule has 0 aliphatic rings. The summed E-state index contributed by atoms with van der Waals surface area (Å²) in [6, 6.07) is 3.23. The Labute approximate surface area is 123 Å². The Kier molecular flexibility index (Phi) is 5.51. The molecule has 0 saturated heterocycles. The van der Waals surface area contributed by atoms with E-state index in [0.29, 0.717) is 29.4 Å². The van der Waals surface area contributed by atoms with E-state index in [-0.39, 0.29) is 12.3 Å². The number of aryl methyl sites for hydroxylation is 1. The number of nitrogens with zero attached hydrogens (tertiary/aromatic N) is 1. The molecule has 20 heavy (non-hydrogen) atoms. The van der Waals surface area contributed by atoms with E-state index >= 15 is 0 Å². The second-order valence-corrected chi connectivity index (χ2v) is 5.17. The zero-order valence-electron chi connectivity index (χ0n) is 11.9. The predicted octanol–water partition coefficient (Wildman–Crippen LogP) is 3.26. The number of amides is 1. The lowest BCUT2D eigenvalue weighted by Gasteiger charge is -2.25. The molecule has 1 heterocycles. The average molecular weight is 299 g/mol. The fourth-order valence-electron chi connectivity index (χ4n) is 2.04. The first-order valence-corrected chi connectivity index (χ1v) is 6.89. The molecule has 0 spiro atoms. The number of anilines is 1. The minimum atomic E-state index is -1.02. The molecule has 1 aromatic heterocycles. The van der Waals surface area contributed by atoms with Crippen molar-refractivity contribution < 1.29 is 14.7 Å². The lowest BCUT2D eigenvalue weighted by atomic mass is 9.79. The summed E-state index contributed by atoms with van der Waals surface area (Å²) < 4.78 is 0. The van der Waals surface area contributed by atoms with Gasteiger partial charge in [-0.1, -0.05) is 25.4 Å². The van der Waals surface area contributed by atoms with Crippen molar-refractivity contribution in [3.63, 3.8) is 0 Å². The molecule has 0 radical (unpaired) electrons. The van der Waals surface area contributed by atoms with Crippen LogP contribution in [0.15, 0.2) is 12.1 Å². The van der Waals surface area contributed by atoms with Gasteiger partial charge in [0.25, 0.3) is 0 Å². The highest BCUT2D eigenvalue weighted by Gasteiger charge is 2.37. The third kappa shape index (κ3) is 3.70. The van der Waals surface area contributed by atoms with Crippen LogP contribution in [0.25, 0.3) is 0 Å². The zero-order valence-corrected chi connectivity index (χ0v) is 12.6. The maximum Gasteiger partial charge on any atom is 0.310 e. The molecule has 110 valence electrons. The van der Waals surface area contributed by atoms with Crippen molar-refractivity contribution in [1.29, 1.82) is 0 Å². The van der Waals surface area contributed by atoms with Gasteiger partial charge in [-0.15, -0.1) is 0 Å². The second-order valence-electron chi connectivity index (χ2n) is 4.78. The van der Waals surface area contributed by atoms with Crippen LogP contribution in [0.2, 0.25) is 5.15 Å². The quantitative estimate of drug-likeness (QED) is 0.790. The van der Waals surface area contributed by atoms with E-state index in [4.69, 9.17) is 11.6 Å². The Morgan fingerprint density at radius 2 is 1.95 bits per heavy atom. The van der Waals surface area contributed by atoms with E-state index in [0.717, 1.165) is 0 Å². The number of carbonyl (C=O) groups is 2. The van der Waals surface area contributed by atoms with Gasteiger partial charge >= 0.3 is 5.97 Å². The highest BCUT2D eigenvalue weighted by atomic mass is 35.5. The molecule has 0 aliphatic heterocycles. The lowest BCUT2D eigenvalue weighted by Crippen LogP contribution is -2.34. The Hall–Kier alpha value is -1.62. The summed E-state index contributed by atoms with van der Waals surface area (Å²) in [6.45, 7) is 5.28. The van der Waals surface area contributed by atoms with E-state index < -0.39 is 11.4 Å². The summed E-state index contributed by atoms with van der Waals surface area (Å²) in [5.41, 5.74) is 0.128. The fraction of sp³-hybridized carbons (Fsp3) is 0.500. The number of nitrogens with one attached hydrogen (secondary N) is 1. The van der Waals surface area contributed by atoms with Gasteiger partial charge in [0.15, 0.2) is 0 Å². The molecule has 6 heteroatoms. The molecule has 0 aromatic carbocycles. The van der Waals surface area contributed by atoms with Crippen LogP contribution in [0.3, 0.4) is 0 Å². The van der Waals surface area contributed by atoms with Crippen LogP contribution in [0.4, 0.5) is 5.69 Å². The number of carbonyl (C=O) groups excluding carboxylic acids is 1. The van der Waals surface area contributed by atoms with Gasteiger partial charge in [0.2, 0.25) is 5.91 Å². The van der Waals surface area contributed by atoms with Crippen LogP contribution in [-0.4, -0.2) is 22.0 Å². The van der Waals surface area contributed by atoms with E-state index in [2.05, 4.69) is 10.3 Å². The van der Waals surface area contributed by atoms with E-state index in [1.165, 1.54) is 0 Å². The summed E-state index contributed by atoms with van der Waals surface area (Å²) in [4.78, 5) is 27.5. The SMILES string of the molecule is CCC(CC)(CC(=O)Nc1ccc(Cl)nc1C)C(=O)O. The molecule has 0 unspecified atom stereocenters. The topological polar surface area (TPSA) is 79.3 Å². The van der Waals surface area contributed by atoms with E-state index in [1.54, 1.807) is 32.9 Å². The second kappa shape index (κ2) is 6.70. The predicted molar refractivity (Wildman–Crippen MR) is 77.9 cm³/mol. The number of aliphatic carboxylic acids is 1. The van der Waals surface area contributed by atoms with Crippen molar-refractivity contribution in [3.05, 3.63) is 23.0 Å². The Morgan fingerprint density at radius 3 is 2.40 bits per heavy atom. The third-order valence-corrected chi connectivity index (χ3v) is 3.84. The summed E-state index contributed by atoms with van der Waals surface area (Å²) in [7, 11) is 0. The maximum absolute atomic E-state index is 12.1. The number of rotatable bonds is 6. The largest absolute Gasteiger partial charge is 0.481 e. The Morgan fingerprint density at radius 1 is 1.35 bits per heavy atom. The number of aromatic nitrogens is 1. The first-order valence-electron chi connectivity index (χ1n) is 6.51. The summed E-state index contributed by atoms with van der Waals surface area (Å²) >= 11 is 5.74. The Bertz CT molecular complexity index is 513. The molecule has 0 saturated carbocycles. The van der Waals surface area contributed by atoms with Crippen LogP contribution < -0.4 is 5.32 Å². The van der Waals surface area contributed by atoms with Crippen molar-refractivity contribution in [1.82, 2.24) is 4.98 Å². The molecule has 0 atom stereocenters. The van der Waals surface area contributed by atoms with Gasteiger partial charge in [0.05, 0.1) is 16.8 Å². The smallest absolute Gasteiger partial charge is 0.310 e. The standard InChI is InChI=1S/C14H19ClN2O3/c1-4-14(5-2,13(19)20)8-12(18)17-10-6-7-11(15)16-9(10)3/h6-7H,4-5,8H2,1-3H3,(H,17,18)(H,19,20). The Balaban J connectivity index is 2.83. The number of hydrogen-bond donors (Lipinski definition) is 2. The molecule has 5 nitrogen and oxygen atoms in total.